The molecule has 1 aliphatic heterocycles. The van der Waals surface area contributed by atoms with Gasteiger partial charge in [-0.1, -0.05) is 44.2 Å². The number of rotatable bonds is 9. The first kappa shape index (κ1) is 25.9. The number of halogens is 1. The summed E-state index contributed by atoms with van der Waals surface area (Å²) in [6.07, 6.45) is -0.0987. The molecule has 2 unspecified atom stereocenters. The van der Waals surface area contributed by atoms with E-state index >= 15 is 0 Å². The number of carbonyl (C=O) groups excluding carboxylic acids is 2. The zero-order chi connectivity index (χ0) is 25.5. The molecule has 2 amide bonds. The third kappa shape index (κ3) is 5.87. The Morgan fingerprint density at radius 2 is 1.86 bits per heavy atom. The molecule has 3 N–H and O–H groups in total. The first-order valence-electron chi connectivity index (χ1n) is 11.8. The van der Waals surface area contributed by atoms with Crippen molar-refractivity contribution < 1.29 is 14.0 Å². The Hall–Kier alpha value is -3.70. The van der Waals surface area contributed by atoms with Crippen LogP contribution >= 0.6 is 0 Å². The Balaban J connectivity index is 2.07. The lowest BCUT2D eigenvalue weighted by Crippen LogP contribution is -2.64. The van der Waals surface area contributed by atoms with Gasteiger partial charge in [0.1, 0.15) is 23.7 Å². The number of nitrogens with two attached hydrogens (primary N) is 1. The number of hydrogen-bond donors (Lipinski definition) is 2. The molecule has 0 aromatic heterocycles. The molecule has 0 spiro atoms. The van der Waals surface area contributed by atoms with E-state index in [1.54, 1.807) is 16.7 Å². The minimum atomic E-state index is -0.650. The highest BCUT2D eigenvalue weighted by molar-refractivity contribution is 5.96. The largest absolute Gasteiger partial charge is 0.354 e. The van der Waals surface area contributed by atoms with Gasteiger partial charge in [-0.05, 0) is 55.6 Å². The molecule has 0 aliphatic carbocycles. The Labute approximate surface area is 206 Å². The third-order valence-electron chi connectivity index (χ3n) is 6.21. The van der Waals surface area contributed by atoms with Crippen LogP contribution in [-0.4, -0.2) is 46.9 Å². The summed E-state index contributed by atoms with van der Waals surface area (Å²) < 4.78 is 13.5. The Kier molecular flexibility index (Phi) is 8.61. The minimum absolute atomic E-state index is 0.0842. The highest BCUT2D eigenvalue weighted by atomic mass is 19.1. The average molecular weight is 478 g/mol. The van der Waals surface area contributed by atoms with Crippen molar-refractivity contribution in [3.05, 3.63) is 82.8 Å². The van der Waals surface area contributed by atoms with Gasteiger partial charge in [0.05, 0.1) is 6.04 Å². The van der Waals surface area contributed by atoms with Gasteiger partial charge in [0.25, 0.3) is 11.8 Å². The number of nitrogens with one attached hydrogen (secondary N) is 1. The van der Waals surface area contributed by atoms with E-state index in [-0.39, 0.29) is 23.4 Å². The summed E-state index contributed by atoms with van der Waals surface area (Å²) in [7, 11) is 0. The number of nitriles is 1. The van der Waals surface area contributed by atoms with E-state index in [4.69, 9.17) is 5.73 Å². The molecule has 184 valence electrons. The van der Waals surface area contributed by atoms with Gasteiger partial charge in [-0.25, -0.2) is 4.39 Å². The molecule has 35 heavy (non-hydrogen) atoms. The maximum atomic E-state index is 13.7. The topological polar surface area (TPSA) is 102 Å². The van der Waals surface area contributed by atoms with Gasteiger partial charge < -0.3 is 20.9 Å². The summed E-state index contributed by atoms with van der Waals surface area (Å²) in [5.41, 5.74) is 7.59. The van der Waals surface area contributed by atoms with Crippen molar-refractivity contribution in [2.45, 2.75) is 45.9 Å². The van der Waals surface area contributed by atoms with Gasteiger partial charge in [-0.2, -0.15) is 5.26 Å². The second-order valence-electron chi connectivity index (χ2n) is 9.00. The van der Waals surface area contributed by atoms with E-state index < -0.39 is 18.0 Å². The number of nitrogens with zero attached hydrogens (tertiary/aromatic N) is 3. The van der Waals surface area contributed by atoms with Crippen LogP contribution in [0.5, 0.6) is 0 Å². The van der Waals surface area contributed by atoms with Crippen LogP contribution in [0.4, 0.5) is 4.39 Å². The molecular weight excluding hydrogens is 445 g/mol. The van der Waals surface area contributed by atoms with Crippen molar-refractivity contribution in [3.63, 3.8) is 0 Å². The van der Waals surface area contributed by atoms with Crippen molar-refractivity contribution in [3.8, 4) is 6.07 Å². The molecule has 0 saturated heterocycles. The first-order valence-corrected chi connectivity index (χ1v) is 11.8. The molecule has 7 nitrogen and oxygen atoms in total. The smallest absolute Gasteiger partial charge is 0.254 e. The van der Waals surface area contributed by atoms with Crippen LogP contribution in [0.1, 0.15) is 43.1 Å². The summed E-state index contributed by atoms with van der Waals surface area (Å²) in [5.74, 6) is -1.05. The van der Waals surface area contributed by atoms with Crippen LogP contribution in [0.25, 0.3) is 0 Å². The predicted octanol–water partition coefficient (Wildman–Crippen LogP) is 3.40. The van der Waals surface area contributed by atoms with Gasteiger partial charge in [-0.15, -0.1) is 0 Å². The van der Waals surface area contributed by atoms with Gasteiger partial charge in [0, 0.05) is 24.2 Å². The first-order chi connectivity index (χ1) is 16.8. The number of allylic oxidation sites excluding steroid dienone is 1. The second-order valence-corrected chi connectivity index (χ2v) is 9.00. The van der Waals surface area contributed by atoms with Crippen LogP contribution in [-0.2, 0) is 11.3 Å². The van der Waals surface area contributed by atoms with Crippen LogP contribution < -0.4 is 11.1 Å². The highest BCUT2D eigenvalue weighted by Crippen LogP contribution is 2.27. The van der Waals surface area contributed by atoms with E-state index in [9.17, 15) is 19.2 Å². The van der Waals surface area contributed by atoms with Crippen molar-refractivity contribution >= 4 is 11.8 Å². The lowest BCUT2D eigenvalue weighted by molar-refractivity contribution is -0.134. The Morgan fingerprint density at radius 3 is 2.43 bits per heavy atom. The maximum Gasteiger partial charge on any atom is 0.254 e. The van der Waals surface area contributed by atoms with Crippen LogP contribution in [0.3, 0.4) is 0 Å². The maximum absolute atomic E-state index is 13.7. The van der Waals surface area contributed by atoms with Crippen molar-refractivity contribution in [2.75, 3.05) is 13.1 Å². The minimum Gasteiger partial charge on any atom is -0.354 e. The summed E-state index contributed by atoms with van der Waals surface area (Å²) in [6, 6.07) is 16.6. The summed E-state index contributed by atoms with van der Waals surface area (Å²) in [6.45, 7) is 6.62. The summed E-state index contributed by atoms with van der Waals surface area (Å²) >= 11 is 0. The average Bonchev–Trinajstić information content (AvgIpc) is 2.86. The van der Waals surface area contributed by atoms with E-state index in [2.05, 4.69) is 11.4 Å². The number of carbonyl (C=O) groups is 2. The Morgan fingerprint density at radius 1 is 1.20 bits per heavy atom. The molecule has 0 radical (unpaired) electrons. The predicted molar refractivity (Wildman–Crippen MR) is 132 cm³/mol. The molecule has 2 aromatic carbocycles. The highest BCUT2D eigenvalue weighted by Gasteiger charge is 2.42. The van der Waals surface area contributed by atoms with Crippen LogP contribution in [0, 0.1) is 23.1 Å². The zero-order valence-corrected chi connectivity index (χ0v) is 20.4. The molecule has 3 rings (SSSR count). The molecule has 2 atom stereocenters. The van der Waals surface area contributed by atoms with E-state index in [0.29, 0.717) is 37.2 Å². The molecule has 2 aromatic rings. The standard InChI is InChI=1S/C27H32FN5O2/c1-18(2)24(32(15-7-14-29)27(35)21-10-12-22(28)13-11-21)25-31-23(16-30)19(3)26(34)33(25)17-20-8-5-4-6-9-20/h4-6,8-13,18,24-25,31H,7,14-15,17,29H2,1-3H3. The molecule has 0 saturated carbocycles. The molecule has 0 bridgehead atoms. The van der Waals surface area contributed by atoms with Gasteiger partial charge in [0.2, 0.25) is 0 Å². The summed E-state index contributed by atoms with van der Waals surface area (Å²) in [4.78, 5) is 30.5. The SMILES string of the molecule is CC1=C(C#N)NC(C(C(C)C)N(CCCN)C(=O)c2ccc(F)cc2)N(Cc2ccccc2)C1=O. The molecule has 0 fully saturated rings. The van der Waals surface area contributed by atoms with Gasteiger partial charge >= 0.3 is 0 Å². The lowest BCUT2D eigenvalue weighted by atomic mass is 9.94. The second kappa shape index (κ2) is 11.6. The van der Waals surface area contributed by atoms with E-state index in [1.165, 1.54) is 24.3 Å². The normalized spacial score (nSPS) is 16.7. The van der Waals surface area contributed by atoms with E-state index in [1.807, 2.05) is 44.2 Å². The summed E-state index contributed by atoms with van der Waals surface area (Å²) in [5, 5.41) is 13.0. The van der Waals surface area contributed by atoms with Crippen LogP contribution in [0.15, 0.2) is 65.9 Å². The van der Waals surface area contributed by atoms with Crippen molar-refractivity contribution in [1.29, 1.82) is 5.26 Å². The molecular formula is C27H32FN5O2. The quantitative estimate of drug-likeness (QED) is 0.576. The number of hydrogen-bond acceptors (Lipinski definition) is 5. The van der Waals surface area contributed by atoms with E-state index in [0.717, 1.165) is 5.56 Å². The third-order valence-corrected chi connectivity index (χ3v) is 6.21. The fraction of sp³-hybridized carbons (Fsp3) is 0.370. The lowest BCUT2D eigenvalue weighted by Gasteiger charge is -2.47. The fourth-order valence-corrected chi connectivity index (χ4v) is 4.42. The zero-order valence-electron chi connectivity index (χ0n) is 20.4. The molecule has 1 aliphatic rings. The number of benzene rings is 2. The number of amides is 2. The molecule has 8 heteroatoms. The van der Waals surface area contributed by atoms with Crippen LogP contribution in [0.2, 0.25) is 0 Å². The molecule has 1 heterocycles. The van der Waals surface area contributed by atoms with Crippen molar-refractivity contribution in [2.24, 2.45) is 11.7 Å². The monoisotopic (exact) mass is 477 g/mol. The van der Waals surface area contributed by atoms with Crippen molar-refractivity contribution in [1.82, 2.24) is 15.1 Å². The van der Waals surface area contributed by atoms with Gasteiger partial charge in [-0.3, -0.25) is 9.59 Å². The van der Waals surface area contributed by atoms with Gasteiger partial charge in [0.15, 0.2) is 0 Å². The fourth-order valence-electron chi connectivity index (χ4n) is 4.42. The Bertz CT molecular complexity index is 1110.